The lowest BCUT2D eigenvalue weighted by molar-refractivity contribution is 0.112. The number of pyridine rings is 3. The number of fused-ring (bicyclic) bond motifs is 4. The van der Waals surface area contributed by atoms with E-state index in [1.165, 1.54) is 36.7 Å². The first-order valence-corrected chi connectivity index (χ1v) is 37.4. The van der Waals surface area contributed by atoms with Crippen LogP contribution in [-0.4, -0.2) is 178 Å². The average molecular weight is 1460 g/mol. The lowest BCUT2D eigenvalue weighted by Gasteiger charge is -2.22. The number of aromatic nitrogens is 3. The number of rotatable bonds is 20. The summed E-state index contributed by atoms with van der Waals surface area (Å²) in [4.78, 5) is 21.5. The average Bonchev–Trinajstić information content (AvgIpc) is 1.68. The number of halogens is 3. The molecule has 8 unspecified atom stereocenters. The Morgan fingerprint density at radius 1 is 0.368 bits per heavy atom. The predicted octanol–water partition coefficient (Wildman–Crippen LogP) is 12.4. The number of aliphatic hydroxyl groups excluding tert-OH is 4. The van der Waals surface area contributed by atoms with Gasteiger partial charge < -0.3 is 59.8 Å². The minimum atomic E-state index is -0.660. The van der Waals surface area contributed by atoms with E-state index in [-0.39, 0.29) is 64.9 Å². The summed E-state index contributed by atoms with van der Waals surface area (Å²) in [5.74, 6) is 7.23. The van der Waals surface area contributed by atoms with Crippen LogP contribution < -0.4 is 18.9 Å². The van der Waals surface area contributed by atoms with Crippen LogP contribution in [0, 0.1) is 85.6 Å². The largest absolute Gasteiger partial charge is 0.508 e. The Hall–Kier alpha value is -8.58. The molecule has 4 saturated carbocycles. The maximum absolute atomic E-state index is 13.7. The number of phenols is 2. The summed E-state index contributed by atoms with van der Waals surface area (Å²) in [5.41, 5.74) is 4.96. The molecule has 8 fully saturated rings. The Labute approximate surface area is 618 Å². The molecule has 16 rings (SSSR count). The normalized spacial score (nSPS) is 26.4. The highest BCUT2D eigenvalue weighted by atomic mass is 19.1. The smallest absolute Gasteiger partial charge is 0.137 e. The maximum atomic E-state index is 13.7. The standard InChI is InChI=1S/C22H26FNO3.2C21H25FN2O3.C20H24N2O3/c1-14-2-7-19(10-21(14)23)27-20-8-16-11-24(12-17(16)9-20)13-22(26)15-3-5-18(25)6-4-15;1-13-2-4-17(8-19(13)22)27-18-6-14-10-24(11-15(14)7-18)12-21(26)20-5-3-16(25)9-23-20;1-13-4-16(22)8-18(5-13)27-19-6-14-10-24(11-15(14)7-19)12-21(26)20-3-2-17(25)9-23-20;23-17-5-3-14(4-6-17)20(24)13-22-11-15-8-19(9-16(15)12-22)25-18-2-1-7-21-10-18/h2-7,10,16-17,20,22,25-26H,8-9,11-13H2,1H3;2-5,8-9,14-15,18,21,25-26H,6-7,10-12H2,1H3;2-5,8-9,14-15,19,21,25-26H,6-7,10-12H2,1H3;1-7,10,15-16,19-20,23-24H,8-9,11-13H2/t16-,17+,20?,22?;14-,15+,18?,21?;14-,15+,19?,21?;15-,16+,19?,20?. The van der Waals surface area contributed by atoms with E-state index in [4.69, 9.17) is 18.9 Å². The number of phenolic OH excluding ortho intramolecular Hbond substituents is 2. The molecule has 0 radical (unpaired) electrons. The zero-order valence-electron chi connectivity index (χ0n) is 60.4. The Bertz CT molecular complexity index is 3930. The molecule has 4 aliphatic heterocycles. The van der Waals surface area contributed by atoms with E-state index in [0.717, 1.165) is 126 Å². The molecule has 5 aromatic carbocycles. The predicted molar refractivity (Wildman–Crippen MR) is 394 cm³/mol. The van der Waals surface area contributed by atoms with Gasteiger partial charge in [-0.15, -0.1) is 0 Å². The number of benzene rings is 5. The van der Waals surface area contributed by atoms with Crippen molar-refractivity contribution in [1.29, 1.82) is 0 Å². The van der Waals surface area contributed by atoms with E-state index in [0.29, 0.717) is 113 Å². The first-order chi connectivity index (χ1) is 51.1. The molecule has 0 spiro atoms. The fraction of sp³-hybridized carbons (Fsp3) is 0.464. The van der Waals surface area contributed by atoms with Gasteiger partial charge in [0.2, 0.25) is 0 Å². The third-order valence-electron chi connectivity index (χ3n) is 22.8. The minimum Gasteiger partial charge on any atom is -0.508 e. The molecule has 8 N–H and O–H groups in total. The van der Waals surface area contributed by atoms with Crippen molar-refractivity contribution in [3.05, 3.63) is 221 Å². The molecule has 0 bridgehead atoms. The summed E-state index contributed by atoms with van der Waals surface area (Å²) < 4.78 is 65.0. The Morgan fingerprint density at radius 3 is 1.03 bits per heavy atom. The number of β-amino-alcohol motifs (C(OH)–C–C–N with tert-alkyl or cyclic N) is 4. The molecule has 0 amide bonds. The zero-order chi connectivity index (χ0) is 74.1. The molecular weight excluding hydrogens is 1360 g/mol. The Kier molecular flexibility index (Phi) is 24.7. The third-order valence-corrected chi connectivity index (χ3v) is 22.8. The van der Waals surface area contributed by atoms with Gasteiger partial charge in [0.1, 0.15) is 75.7 Å². The maximum Gasteiger partial charge on any atom is 0.137 e. The van der Waals surface area contributed by atoms with Crippen molar-refractivity contribution in [2.24, 2.45) is 47.3 Å². The molecule has 19 nitrogen and oxygen atoms in total. The molecule has 3 aromatic heterocycles. The fourth-order valence-electron chi connectivity index (χ4n) is 17.6. The van der Waals surface area contributed by atoms with Gasteiger partial charge in [0.15, 0.2) is 0 Å². The van der Waals surface area contributed by atoms with E-state index in [1.807, 2.05) is 37.3 Å². The number of aliphatic hydroxyl groups is 4. The van der Waals surface area contributed by atoms with Crippen molar-refractivity contribution in [3.63, 3.8) is 0 Å². The van der Waals surface area contributed by atoms with Gasteiger partial charge in [0.05, 0.1) is 66.6 Å². The van der Waals surface area contributed by atoms with E-state index in [2.05, 4.69) is 34.6 Å². The molecule has 4 saturated heterocycles. The number of hydrogen-bond donors (Lipinski definition) is 8. The highest BCUT2D eigenvalue weighted by molar-refractivity contribution is 5.33. The van der Waals surface area contributed by atoms with Crippen molar-refractivity contribution in [2.75, 3.05) is 78.5 Å². The SMILES string of the molecule is Cc1cc(F)cc(OC2C[C@@H]3CN(CC(O)c4ccc(O)cn4)C[C@@H]3C2)c1.Cc1ccc(OC2C[C@@H]3CN(CC(O)c4ccc(O)cc4)C[C@@H]3C2)cc1F.Cc1ccc(OC2C[C@@H]3CN(CC(O)c4ccc(O)cn4)C[C@@H]3C2)cc1F.Oc1ccc(C(O)CN2C[C@H]3CC(Oc4cccnc4)C[C@H]3C2)cc1. The van der Waals surface area contributed by atoms with Gasteiger partial charge in [-0.2, -0.15) is 0 Å². The van der Waals surface area contributed by atoms with E-state index >= 15 is 0 Å². The second kappa shape index (κ2) is 34.5. The first-order valence-electron chi connectivity index (χ1n) is 37.4. The zero-order valence-corrected chi connectivity index (χ0v) is 60.4. The molecule has 4 aliphatic carbocycles. The number of hydrogen-bond acceptors (Lipinski definition) is 19. The van der Waals surface area contributed by atoms with Crippen molar-refractivity contribution < 1.29 is 73.0 Å². The molecule has 106 heavy (non-hydrogen) atoms. The number of ether oxygens (including phenoxy) is 4. The lowest BCUT2D eigenvalue weighted by atomic mass is 10.0. The number of aryl methyl sites for hydroxylation is 3. The van der Waals surface area contributed by atoms with Gasteiger partial charge in [0, 0.05) is 103 Å². The van der Waals surface area contributed by atoms with Gasteiger partial charge in [-0.05, 0) is 232 Å². The van der Waals surface area contributed by atoms with Crippen LogP contribution in [0.4, 0.5) is 13.2 Å². The summed E-state index contributed by atoms with van der Waals surface area (Å²) in [7, 11) is 0. The topological polar surface area (TPSA) is 250 Å². The monoisotopic (exact) mass is 1460 g/mol. The lowest BCUT2D eigenvalue weighted by Crippen LogP contribution is -2.29. The molecule has 7 heterocycles. The highest BCUT2D eigenvalue weighted by Crippen LogP contribution is 2.45. The summed E-state index contributed by atoms with van der Waals surface area (Å²) in [5, 5.41) is 79.0. The fourth-order valence-corrected chi connectivity index (χ4v) is 17.6. The van der Waals surface area contributed by atoms with Crippen LogP contribution in [0.5, 0.6) is 46.0 Å². The van der Waals surface area contributed by atoms with Crippen LogP contribution >= 0.6 is 0 Å². The van der Waals surface area contributed by atoms with Gasteiger partial charge in [0.25, 0.3) is 0 Å². The summed E-state index contributed by atoms with van der Waals surface area (Å²) in [6.07, 6.45) is 12.5. The Morgan fingerprint density at radius 2 is 0.708 bits per heavy atom. The molecule has 564 valence electrons. The molecule has 8 aromatic rings. The Balaban J connectivity index is 0.000000125. The van der Waals surface area contributed by atoms with E-state index in [9.17, 15) is 54.0 Å². The summed E-state index contributed by atoms with van der Waals surface area (Å²) in [6, 6.07) is 38.8. The molecule has 8 aliphatic rings. The van der Waals surface area contributed by atoms with Gasteiger partial charge in [-0.1, -0.05) is 36.4 Å². The van der Waals surface area contributed by atoms with Crippen molar-refractivity contribution in [1.82, 2.24) is 34.6 Å². The minimum absolute atomic E-state index is 0.0983. The number of likely N-dealkylation sites (tertiary alicyclic amines) is 4. The van der Waals surface area contributed by atoms with Crippen LogP contribution in [-0.2, 0) is 0 Å². The van der Waals surface area contributed by atoms with Crippen molar-refractivity contribution >= 4 is 0 Å². The van der Waals surface area contributed by atoms with Crippen LogP contribution in [0.25, 0.3) is 0 Å². The molecular formula is C84H100F3N7O12. The summed E-state index contributed by atoms with van der Waals surface area (Å²) in [6.45, 7) is 15.4. The van der Waals surface area contributed by atoms with Crippen LogP contribution in [0.3, 0.4) is 0 Å². The van der Waals surface area contributed by atoms with E-state index in [1.54, 1.807) is 111 Å². The van der Waals surface area contributed by atoms with Gasteiger partial charge in [-0.3, -0.25) is 34.6 Å². The molecule has 16 atom stereocenters. The highest BCUT2D eigenvalue weighted by Gasteiger charge is 2.46. The van der Waals surface area contributed by atoms with Crippen LogP contribution in [0.1, 0.15) is 115 Å². The van der Waals surface area contributed by atoms with Crippen molar-refractivity contribution in [3.8, 4) is 46.0 Å². The van der Waals surface area contributed by atoms with Gasteiger partial charge in [-0.25, -0.2) is 13.2 Å². The van der Waals surface area contributed by atoms with Crippen LogP contribution in [0.2, 0.25) is 0 Å². The first kappa shape index (κ1) is 75.6. The summed E-state index contributed by atoms with van der Waals surface area (Å²) >= 11 is 0. The third kappa shape index (κ3) is 20.2. The second-order valence-corrected chi connectivity index (χ2v) is 30.9. The van der Waals surface area contributed by atoms with Gasteiger partial charge >= 0.3 is 0 Å². The van der Waals surface area contributed by atoms with E-state index < -0.39 is 24.4 Å². The second-order valence-electron chi connectivity index (χ2n) is 30.9. The quantitative estimate of drug-likeness (QED) is 0.0353. The van der Waals surface area contributed by atoms with Crippen LogP contribution in [0.15, 0.2) is 164 Å². The number of nitrogens with zero attached hydrogens (tertiary/aromatic N) is 7. The number of aromatic hydroxyl groups is 4. The molecule has 22 heteroatoms. The van der Waals surface area contributed by atoms with Crippen molar-refractivity contribution in [2.45, 2.75) is 121 Å².